The molecule has 0 radical (unpaired) electrons. The van der Waals surface area contributed by atoms with Crippen LogP contribution in [0.5, 0.6) is 0 Å². The summed E-state index contributed by atoms with van der Waals surface area (Å²) in [5, 5.41) is 29.1. The van der Waals surface area contributed by atoms with E-state index in [-0.39, 0.29) is 18.8 Å². The van der Waals surface area contributed by atoms with E-state index >= 15 is 0 Å². The Bertz CT molecular complexity index is 838. The van der Waals surface area contributed by atoms with Crippen LogP contribution in [0.1, 0.15) is 67.0 Å². The van der Waals surface area contributed by atoms with Crippen molar-refractivity contribution in [2.75, 3.05) is 6.61 Å². The summed E-state index contributed by atoms with van der Waals surface area (Å²) in [6.07, 6.45) is 2.82. The molecule has 1 heterocycles. The van der Waals surface area contributed by atoms with Crippen LogP contribution in [-0.4, -0.2) is 29.0 Å². The number of benzene rings is 2. The van der Waals surface area contributed by atoms with Crippen molar-refractivity contribution in [2.45, 2.75) is 64.3 Å². The molecule has 2 aromatic carbocycles. The molecule has 0 amide bonds. The molecule has 1 aliphatic rings. The second kappa shape index (κ2) is 10.0. The van der Waals surface area contributed by atoms with Crippen LogP contribution in [0.2, 0.25) is 0 Å². The van der Waals surface area contributed by atoms with E-state index in [1.807, 2.05) is 18.2 Å². The molecule has 1 fully saturated rings. The quantitative estimate of drug-likeness (QED) is 0.735. The lowest BCUT2D eigenvalue weighted by molar-refractivity contribution is -0.113. The van der Waals surface area contributed by atoms with E-state index in [1.165, 1.54) is 17.5 Å². The molecule has 0 saturated carbocycles. The van der Waals surface area contributed by atoms with Crippen molar-refractivity contribution in [3.8, 4) is 6.07 Å². The minimum atomic E-state index is -0.483. The van der Waals surface area contributed by atoms with Gasteiger partial charge in [-0.2, -0.15) is 5.26 Å². The molecule has 4 nitrogen and oxygen atoms in total. The van der Waals surface area contributed by atoms with Crippen LogP contribution in [0.15, 0.2) is 42.5 Å². The number of nitriles is 1. The predicted octanol–water partition coefficient (Wildman–Crippen LogP) is 4.31. The Balaban J connectivity index is 1.76. The highest BCUT2D eigenvalue weighted by atomic mass is 16.5. The number of aliphatic hydroxyl groups is 2. The summed E-state index contributed by atoms with van der Waals surface area (Å²) in [4.78, 5) is 0. The second-order valence-corrected chi connectivity index (χ2v) is 8.51. The molecule has 0 bridgehead atoms. The van der Waals surface area contributed by atoms with E-state index in [0.29, 0.717) is 30.7 Å². The summed E-state index contributed by atoms with van der Waals surface area (Å²) in [5.74, 6) is 0.696. The van der Waals surface area contributed by atoms with Gasteiger partial charge in [-0.05, 0) is 53.5 Å². The van der Waals surface area contributed by atoms with E-state index in [0.717, 1.165) is 17.5 Å². The minimum absolute atomic E-state index is 0.0974. The predicted molar refractivity (Wildman–Crippen MR) is 114 cm³/mol. The SMILES string of the molecule is CC(C)CCc1ccc(Cc2cc(C3CC(O)CC(CO)O3)ccc2C#N)cc1. The van der Waals surface area contributed by atoms with Gasteiger partial charge in [-0.25, -0.2) is 0 Å². The third-order valence-electron chi connectivity index (χ3n) is 5.63. The number of ether oxygens (including phenoxy) is 1. The van der Waals surface area contributed by atoms with E-state index in [4.69, 9.17) is 4.74 Å². The highest BCUT2D eigenvalue weighted by Crippen LogP contribution is 2.32. The Morgan fingerprint density at radius 1 is 1.10 bits per heavy atom. The number of rotatable bonds is 7. The molecular formula is C25H31NO3. The van der Waals surface area contributed by atoms with Crippen LogP contribution in [0, 0.1) is 17.2 Å². The van der Waals surface area contributed by atoms with E-state index in [2.05, 4.69) is 44.2 Å². The van der Waals surface area contributed by atoms with Gasteiger partial charge in [0.25, 0.3) is 0 Å². The molecule has 0 aliphatic carbocycles. The normalized spacial score (nSPS) is 21.9. The zero-order valence-electron chi connectivity index (χ0n) is 17.3. The molecule has 2 N–H and O–H groups in total. The van der Waals surface area contributed by atoms with Crippen LogP contribution in [0.3, 0.4) is 0 Å². The molecule has 3 atom stereocenters. The largest absolute Gasteiger partial charge is 0.394 e. The highest BCUT2D eigenvalue weighted by molar-refractivity contribution is 5.44. The summed E-state index contributed by atoms with van der Waals surface area (Å²) >= 11 is 0. The monoisotopic (exact) mass is 393 g/mol. The van der Waals surface area contributed by atoms with Gasteiger partial charge in [0.15, 0.2) is 0 Å². The fourth-order valence-electron chi connectivity index (χ4n) is 3.89. The van der Waals surface area contributed by atoms with Crippen molar-refractivity contribution in [3.05, 3.63) is 70.3 Å². The molecule has 2 aromatic rings. The Kier molecular flexibility index (Phi) is 7.44. The molecule has 4 heteroatoms. The maximum Gasteiger partial charge on any atom is 0.0994 e. The van der Waals surface area contributed by atoms with Gasteiger partial charge in [0.05, 0.1) is 36.6 Å². The smallest absolute Gasteiger partial charge is 0.0994 e. The first kappa shape index (κ1) is 21.5. The van der Waals surface area contributed by atoms with E-state index in [1.54, 1.807) is 0 Å². The number of aliphatic hydroxyl groups excluding tert-OH is 2. The van der Waals surface area contributed by atoms with Gasteiger partial charge in [-0.15, -0.1) is 0 Å². The van der Waals surface area contributed by atoms with Crippen LogP contribution >= 0.6 is 0 Å². The Labute approximate surface area is 173 Å². The molecule has 154 valence electrons. The van der Waals surface area contributed by atoms with E-state index < -0.39 is 6.10 Å². The third-order valence-corrected chi connectivity index (χ3v) is 5.63. The lowest BCUT2D eigenvalue weighted by atomic mass is 9.92. The molecule has 29 heavy (non-hydrogen) atoms. The van der Waals surface area contributed by atoms with Crippen LogP contribution < -0.4 is 0 Å². The van der Waals surface area contributed by atoms with Crippen LogP contribution in [-0.2, 0) is 17.6 Å². The van der Waals surface area contributed by atoms with Gasteiger partial charge in [-0.3, -0.25) is 0 Å². The molecule has 1 aliphatic heterocycles. The van der Waals surface area contributed by atoms with Crippen molar-refractivity contribution in [1.82, 2.24) is 0 Å². The molecule has 3 rings (SSSR count). The first-order valence-corrected chi connectivity index (χ1v) is 10.5. The fourth-order valence-corrected chi connectivity index (χ4v) is 3.89. The van der Waals surface area contributed by atoms with Crippen molar-refractivity contribution in [3.63, 3.8) is 0 Å². The summed E-state index contributed by atoms with van der Waals surface area (Å²) in [6, 6.07) is 16.7. The van der Waals surface area contributed by atoms with Gasteiger partial charge in [0, 0.05) is 12.8 Å². The maximum atomic E-state index is 10.1. The zero-order chi connectivity index (χ0) is 20.8. The molecule has 0 aromatic heterocycles. The van der Waals surface area contributed by atoms with Gasteiger partial charge < -0.3 is 14.9 Å². The molecule has 1 saturated heterocycles. The number of hydrogen-bond donors (Lipinski definition) is 2. The minimum Gasteiger partial charge on any atom is -0.394 e. The Hall–Kier alpha value is -2.19. The molecular weight excluding hydrogens is 362 g/mol. The van der Waals surface area contributed by atoms with Crippen molar-refractivity contribution >= 4 is 0 Å². The van der Waals surface area contributed by atoms with Crippen LogP contribution in [0.25, 0.3) is 0 Å². The summed E-state index contributed by atoms with van der Waals surface area (Å²) < 4.78 is 5.94. The average molecular weight is 394 g/mol. The van der Waals surface area contributed by atoms with Crippen molar-refractivity contribution in [1.29, 1.82) is 5.26 Å². The first-order valence-electron chi connectivity index (χ1n) is 10.5. The summed E-state index contributed by atoms with van der Waals surface area (Å²) in [5.41, 5.74) is 5.09. The van der Waals surface area contributed by atoms with Crippen molar-refractivity contribution in [2.24, 2.45) is 5.92 Å². The van der Waals surface area contributed by atoms with Gasteiger partial charge in [0.2, 0.25) is 0 Å². The average Bonchev–Trinajstić information content (AvgIpc) is 2.72. The molecule has 3 unspecified atom stereocenters. The standard InChI is InChI=1S/C25H31NO3/c1-17(2)3-4-18-5-7-19(8-6-18)11-22-12-20(9-10-21(22)15-26)25-14-23(28)13-24(16-27)29-25/h5-10,12,17,23-25,27-28H,3-4,11,13-14,16H2,1-2H3. The topological polar surface area (TPSA) is 73.5 Å². The van der Waals surface area contributed by atoms with Gasteiger partial charge >= 0.3 is 0 Å². The maximum absolute atomic E-state index is 10.1. The highest BCUT2D eigenvalue weighted by Gasteiger charge is 2.29. The van der Waals surface area contributed by atoms with Gasteiger partial charge in [0.1, 0.15) is 0 Å². The third kappa shape index (κ3) is 5.90. The lowest BCUT2D eigenvalue weighted by Crippen LogP contribution is -2.33. The summed E-state index contributed by atoms with van der Waals surface area (Å²) in [7, 11) is 0. The van der Waals surface area contributed by atoms with Crippen LogP contribution in [0.4, 0.5) is 0 Å². The molecule has 0 spiro atoms. The Morgan fingerprint density at radius 3 is 2.48 bits per heavy atom. The lowest BCUT2D eigenvalue weighted by Gasteiger charge is -2.32. The van der Waals surface area contributed by atoms with Crippen molar-refractivity contribution < 1.29 is 14.9 Å². The second-order valence-electron chi connectivity index (χ2n) is 8.51. The number of aryl methyl sites for hydroxylation is 1. The number of hydrogen-bond acceptors (Lipinski definition) is 4. The number of nitrogens with zero attached hydrogens (tertiary/aromatic N) is 1. The Morgan fingerprint density at radius 2 is 1.83 bits per heavy atom. The zero-order valence-corrected chi connectivity index (χ0v) is 17.3. The first-order chi connectivity index (χ1) is 14.0. The summed E-state index contributed by atoms with van der Waals surface area (Å²) in [6.45, 7) is 4.38. The fraction of sp³-hybridized carbons (Fsp3) is 0.480. The van der Waals surface area contributed by atoms with Gasteiger partial charge in [-0.1, -0.05) is 50.2 Å². The van der Waals surface area contributed by atoms with E-state index in [9.17, 15) is 15.5 Å².